The second kappa shape index (κ2) is 5.33. The molecule has 0 atom stereocenters. The summed E-state index contributed by atoms with van der Waals surface area (Å²) in [6, 6.07) is 14.5. The first-order valence-corrected chi connectivity index (χ1v) is 7.39. The molecule has 1 aromatic carbocycles. The first kappa shape index (κ1) is 11.4. The summed E-state index contributed by atoms with van der Waals surface area (Å²) in [5.41, 5.74) is 1.22. The number of nitrogens with zero attached hydrogens (tertiary/aromatic N) is 1. The lowest BCUT2D eigenvalue weighted by molar-refractivity contribution is 1.17. The van der Waals surface area contributed by atoms with Gasteiger partial charge in [0.2, 0.25) is 0 Å². The van der Waals surface area contributed by atoms with Gasteiger partial charge in [-0.05, 0) is 17.0 Å². The van der Waals surface area contributed by atoms with E-state index in [0.29, 0.717) is 0 Å². The van der Waals surface area contributed by atoms with Gasteiger partial charge in [-0.25, -0.2) is 4.98 Å². The Balaban J connectivity index is 1.70. The van der Waals surface area contributed by atoms with Crippen LogP contribution in [0.3, 0.4) is 0 Å². The van der Waals surface area contributed by atoms with E-state index in [0.717, 1.165) is 11.7 Å². The molecular weight excluding hydrogens is 260 g/mol. The van der Waals surface area contributed by atoms with Gasteiger partial charge in [0.25, 0.3) is 0 Å². The number of thiophene rings is 1. The molecule has 0 aliphatic carbocycles. The monoisotopic (exact) mass is 272 g/mol. The van der Waals surface area contributed by atoms with Gasteiger partial charge in [0.05, 0.1) is 11.4 Å². The number of thiazole rings is 1. The molecule has 3 aromatic rings. The van der Waals surface area contributed by atoms with Gasteiger partial charge in [0.1, 0.15) is 0 Å². The normalized spacial score (nSPS) is 10.4. The zero-order valence-electron chi connectivity index (χ0n) is 9.67. The molecule has 0 saturated carbocycles. The van der Waals surface area contributed by atoms with Crippen molar-refractivity contribution in [3.05, 3.63) is 58.9 Å². The molecular formula is C14H12N2S2. The van der Waals surface area contributed by atoms with Crippen molar-refractivity contribution in [1.82, 2.24) is 4.98 Å². The highest BCUT2D eigenvalue weighted by Crippen LogP contribution is 2.28. The third-order valence-corrected chi connectivity index (χ3v) is 4.44. The molecule has 2 heterocycles. The van der Waals surface area contributed by atoms with Crippen LogP contribution in [0.1, 0.15) is 4.88 Å². The van der Waals surface area contributed by atoms with Gasteiger partial charge in [-0.1, -0.05) is 47.7 Å². The summed E-state index contributed by atoms with van der Waals surface area (Å²) in [5.74, 6) is 0. The van der Waals surface area contributed by atoms with Gasteiger partial charge >= 0.3 is 0 Å². The third kappa shape index (κ3) is 2.60. The van der Waals surface area contributed by atoms with Crippen LogP contribution in [0.2, 0.25) is 0 Å². The van der Waals surface area contributed by atoms with Crippen LogP contribution in [-0.4, -0.2) is 4.98 Å². The maximum absolute atomic E-state index is 4.40. The van der Waals surface area contributed by atoms with Crippen LogP contribution >= 0.6 is 22.7 Å². The molecule has 0 radical (unpaired) electrons. The standard InChI is InChI=1S/C14H12N2S2/c1-2-5-11(6-3-1)13-10-16-14(18-13)15-9-12-7-4-8-17-12/h1-8,10H,9H2,(H,15,16). The van der Waals surface area contributed by atoms with E-state index in [1.165, 1.54) is 15.3 Å². The van der Waals surface area contributed by atoms with Crippen molar-refractivity contribution in [2.24, 2.45) is 0 Å². The quantitative estimate of drug-likeness (QED) is 0.757. The molecule has 4 heteroatoms. The number of nitrogens with one attached hydrogen (secondary N) is 1. The van der Waals surface area contributed by atoms with E-state index in [1.54, 1.807) is 22.7 Å². The Morgan fingerprint density at radius 3 is 2.72 bits per heavy atom. The minimum atomic E-state index is 0.847. The van der Waals surface area contributed by atoms with Gasteiger partial charge in [-0.15, -0.1) is 11.3 Å². The predicted molar refractivity (Wildman–Crippen MR) is 79.2 cm³/mol. The first-order chi connectivity index (χ1) is 8.92. The van der Waals surface area contributed by atoms with Crippen molar-refractivity contribution in [2.75, 3.05) is 5.32 Å². The number of rotatable bonds is 4. The van der Waals surface area contributed by atoms with E-state index >= 15 is 0 Å². The molecule has 18 heavy (non-hydrogen) atoms. The molecule has 0 saturated heterocycles. The highest BCUT2D eigenvalue weighted by molar-refractivity contribution is 7.18. The van der Waals surface area contributed by atoms with Crippen LogP contribution in [-0.2, 0) is 6.54 Å². The van der Waals surface area contributed by atoms with Crippen LogP contribution in [0.15, 0.2) is 54.0 Å². The van der Waals surface area contributed by atoms with E-state index in [1.807, 2.05) is 24.4 Å². The molecule has 0 fully saturated rings. The molecule has 0 unspecified atom stereocenters. The first-order valence-electron chi connectivity index (χ1n) is 5.69. The largest absolute Gasteiger partial charge is 0.357 e. The topological polar surface area (TPSA) is 24.9 Å². The summed E-state index contributed by atoms with van der Waals surface area (Å²) < 4.78 is 0. The Hall–Kier alpha value is -1.65. The van der Waals surface area contributed by atoms with Gasteiger partial charge in [-0.2, -0.15) is 0 Å². The Morgan fingerprint density at radius 1 is 1.06 bits per heavy atom. The average Bonchev–Trinajstić information content (AvgIpc) is 3.09. The molecule has 1 N–H and O–H groups in total. The molecule has 0 aliphatic heterocycles. The minimum absolute atomic E-state index is 0.847. The number of anilines is 1. The van der Waals surface area contributed by atoms with Crippen molar-refractivity contribution in [3.8, 4) is 10.4 Å². The summed E-state index contributed by atoms with van der Waals surface area (Å²) in [7, 11) is 0. The smallest absolute Gasteiger partial charge is 0.183 e. The number of hydrogen-bond acceptors (Lipinski definition) is 4. The molecule has 0 aliphatic rings. The molecule has 2 nitrogen and oxygen atoms in total. The van der Waals surface area contributed by atoms with Gasteiger partial charge in [0.15, 0.2) is 5.13 Å². The van der Waals surface area contributed by atoms with Crippen molar-refractivity contribution in [2.45, 2.75) is 6.54 Å². The predicted octanol–water partition coefficient (Wildman–Crippen LogP) is 4.48. The van der Waals surface area contributed by atoms with E-state index in [4.69, 9.17) is 0 Å². The fourth-order valence-corrected chi connectivity index (χ4v) is 3.13. The van der Waals surface area contributed by atoms with E-state index in [-0.39, 0.29) is 0 Å². The summed E-state index contributed by atoms with van der Waals surface area (Å²) >= 11 is 3.45. The lowest BCUT2D eigenvalue weighted by Crippen LogP contribution is -1.95. The SMILES string of the molecule is c1ccc(-c2cnc(NCc3cccs3)s2)cc1. The van der Waals surface area contributed by atoms with Gasteiger partial charge in [-0.3, -0.25) is 0 Å². The highest BCUT2D eigenvalue weighted by Gasteiger charge is 2.03. The number of hydrogen-bond donors (Lipinski definition) is 1. The van der Waals surface area contributed by atoms with Crippen LogP contribution in [0, 0.1) is 0 Å². The van der Waals surface area contributed by atoms with Crippen molar-refractivity contribution in [3.63, 3.8) is 0 Å². The Labute approximate surface area is 114 Å². The van der Waals surface area contributed by atoms with Gasteiger partial charge < -0.3 is 5.32 Å². The third-order valence-electron chi connectivity index (χ3n) is 2.56. The molecule has 0 bridgehead atoms. The van der Waals surface area contributed by atoms with Crippen LogP contribution in [0.25, 0.3) is 10.4 Å². The molecule has 3 rings (SSSR count). The van der Waals surface area contributed by atoms with Crippen molar-refractivity contribution >= 4 is 27.8 Å². The zero-order valence-corrected chi connectivity index (χ0v) is 11.3. The number of aromatic nitrogens is 1. The summed E-state index contributed by atoms with van der Waals surface area (Å²) in [4.78, 5) is 6.93. The lowest BCUT2D eigenvalue weighted by Gasteiger charge is -1.98. The van der Waals surface area contributed by atoms with Gasteiger partial charge in [0, 0.05) is 11.1 Å². The van der Waals surface area contributed by atoms with Crippen LogP contribution < -0.4 is 5.32 Å². The lowest BCUT2D eigenvalue weighted by atomic mass is 10.2. The Morgan fingerprint density at radius 2 is 1.94 bits per heavy atom. The zero-order chi connectivity index (χ0) is 12.2. The van der Waals surface area contributed by atoms with Crippen LogP contribution in [0.5, 0.6) is 0 Å². The Bertz CT molecular complexity index is 600. The summed E-state index contributed by atoms with van der Waals surface area (Å²) in [5, 5.41) is 6.42. The van der Waals surface area contributed by atoms with E-state index in [9.17, 15) is 0 Å². The highest BCUT2D eigenvalue weighted by atomic mass is 32.1. The van der Waals surface area contributed by atoms with Crippen molar-refractivity contribution < 1.29 is 0 Å². The molecule has 0 spiro atoms. The second-order valence-corrected chi connectivity index (χ2v) is 5.89. The fraction of sp³-hybridized carbons (Fsp3) is 0.0714. The molecule has 0 amide bonds. The fourth-order valence-electron chi connectivity index (χ4n) is 1.67. The van der Waals surface area contributed by atoms with Crippen molar-refractivity contribution in [1.29, 1.82) is 0 Å². The molecule has 90 valence electrons. The second-order valence-electron chi connectivity index (χ2n) is 3.83. The van der Waals surface area contributed by atoms with E-state index in [2.05, 4.69) is 39.9 Å². The average molecular weight is 272 g/mol. The van der Waals surface area contributed by atoms with E-state index < -0.39 is 0 Å². The Kier molecular flexibility index (Phi) is 3.39. The summed E-state index contributed by atoms with van der Waals surface area (Å²) in [6.45, 7) is 0.847. The number of benzene rings is 1. The summed E-state index contributed by atoms with van der Waals surface area (Å²) in [6.07, 6.45) is 1.93. The molecule has 2 aromatic heterocycles. The maximum atomic E-state index is 4.40. The minimum Gasteiger partial charge on any atom is -0.357 e. The maximum Gasteiger partial charge on any atom is 0.183 e. The van der Waals surface area contributed by atoms with Crippen LogP contribution in [0.4, 0.5) is 5.13 Å².